The number of nitrogen functional groups attached to an aromatic ring is 1. The zero-order valence-corrected chi connectivity index (χ0v) is 25.7. The highest BCUT2D eigenvalue weighted by molar-refractivity contribution is 6.01. The molecule has 4 heteroatoms. The van der Waals surface area contributed by atoms with Gasteiger partial charge in [0.2, 0.25) is 0 Å². The number of nitrogens with zero attached hydrogens (tertiary/aromatic N) is 3. The van der Waals surface area contributed by atoms with Gasteiger partial charge < -0.3 is 15.5 Å². The van der Waals surface area contributed by atoms with Crippen LogP contribution in [-0.2, 0) is 11.8 Å². The summed E-state index contributed by atoms with van der Waals surface area (Å²) in [7, 11) is 0. The van der Waals surface area contributed by atoms with E-state index >= 15 is 0 Å². The monoisotopic (exact) mass is 516 g/mol. The van der Waals surface area contributed by atoms with E-state index in [4.69, 9.17) is 10.7 Å². The third kappa shape index (κ3) is 7.99. The lowest BCUT2D eigenvalue weighted by Gasteiger charge is -2.38. The van der Waals surface area contributed by atoms with E-state index < -0.39 is 0 Å². The first-order valence-electron chi connectivity index (χ1n) is 14.3. The van der Waals surface area contributed by atoms with Crippen LogP contribution in [0.5, 0.6) is 0 Å². The number of anilines is 2. The summed E-state index contributed by atoms with van der Waals surface area (Å²) < 4.78 is 0. The fraction of sp³-hybridized carbons (Fsp3) is 0.500. The summed E-state index contributed by atoms with van der Waals surface area (Å²) in [6.07, 6.45) is 2.78. The maximum absolute atomic E-state index is 6.36. The van der Waals surface area contributed by atoms with E-state index in [2.05, 4.69) is 95.7 Å². The highest BCUT2D eigenvalue weighted by atomic mass is 15.3. The minimum absolute atomic E-state index is 0.0777. The van der Waals surface area contributed by atoms with E-state index in [1.807, 2.05) is 19.9 Å². The predicted octanol–water partition coefficient (Wildman–Crippen LogP) is 8.21. The van der Waals surface area contributed by atoms with Crippen molar-refractivity contribution in [2.45, 2.75) is 87.0 Å². The topological polar surface area (TPSA) is 44.9 Å². The fourth-order valence-corrected chi connectivity index (χ4v) is 5.31. The molecule has 1 fully saturated rings. The number of piperazine rings is 1. The van der Waals surface area contributed by atoms with E-state index in [1.165, 1.54) is 33.5 Å². The SMILES string of the molecule is C=C(CCCc1c(N)cccc1C(C)(C)C)N=C(C)c1cc(N2CCN(C(=C)C)CC2)c(C)cc1C.CC. The molecule has 2 aromatic carbocycles. The Morgan fingerprint density at radius 2 is 1.61 bits per heavy atom. The van der Waals surface area contributed by atoms with Gasteiger partial charge in [-0.2, -0.15) is 0 Å². The van der Waals surface area contributed by atoms with E-state index in [-0.39, 0.29) is 5.41 Å². The molecule has 2 aromatic rings. The molecule has 2 N–H and O–H groups in total. The molecule has 1 heterocycles. The molecular weight excluding hydrogens is 464 g/mol. The molecule has 38 heavy (non-hydrogen) atoms. The highest BCUT2D eigenvalue weighted by Crippen LogP contribution is 2.31. The first-order chi connectivity index (χ1) is 17.9. The van der Waals surface area contributed by atoms with Crippen molar-refractivity contribution in [1.29, 1.82) is 0 Å². The molecule has 0 amide bonds. The van der Waals surface area contributed by atoms with Gasteiger partial charge in [-0.05, 0) is 86.8 Å². The molecule has 208 valence electrons. The van der Waals surface area contributed by atoms with Crippen molar-refractivity contribution in [2.24, 2.45) is 4.99 Å². The minimum atomic E-state index is 0.0777. The second-order valence-corrected chi connectivity index (χ2v) is 11.4. The molecule has 3 rings (SSSR count). The molecule has 0 atom stereocenters. The molecule has 0 aliphatic carbocycles. The Morgan fingerprint density at radius 3 is 2.18 bits per heavy atom. The van der Waals surface area contributed by atoms with Crippen LogP contribution in [0.3, 0.4) is 0 Å². The number of hydrogen-bond donors (Lipinski definition) is 1. The summed E-state index contributed by atoms with van der Waals surface area (Å²) in [5.41, 5.74) is 18.1. The summed E-state index contributed by atoms with van der Waals surface area (Å²) in [5.74, 6) is 0. The molecule has 1 aliphatic rings. The first kappa shape index (κ1) is 31.2. The first-order valence-corrected chi connectivity index (χ1v) is 14.3. The normalized spacial score (nSPS) is 14.2. The van der Waals surface area contributed by atoms with Crippen molar-refractivity contribution in [3.8, 4) is 0 Å². The number of allylic oxidation sites excluding steroid dienone is 2. The van der Waals surface area contributed by atoms with Crippen LogP contribution in [0.25, 0.3) is 0 Å². The maximum Gasteiger partial charge on any atom is 0.0451 e. The minimum Gasteiger partial charge on any atom is -0.398 e. The Kier molecular flexibility index (Phi) is 11.2. The van der Waals surface area contributed by atoms with E-state index in [9.17, 15) is 0 Å². The molecule has 0 saturated carbocycles. The quantitative estimate of drug-likeness (QED) is 0.284. The van der Waals surface area contributed by atoms with Gasteiger partial charge in [0.15, 0.2) is 0 Å². The van der Waals surface area contributed by atoms with Crippen LogP contribution in [0.15, 0.2) is 59.9 Å². The average Bonchev–Trinajstić information content (AvgIpc) is 2.85. The van der Waals surface area contributed by atoms with E-state index in [0.29, 0.717) is 0 Å². The second kappa shape index (κ2) is 13.7. The number of benzene rings is 2. The highest BCUT2D eigenvalue weighted by Gasteiger charge is 2.20. The van der Waals surface area contributed by atoms with Gasteiger partial charge in [0.25, 0.3) is 0 Å². The number of aliphatic imine (C=N–C) groups is 1. The third-order valence-electron chi connectivity index (χ3n) is 7.33. The number of rotatable bonds is 8. The van der Waals surface area contributed by atoms with Gasteiger partial charge in [0.1, 0.15) is 0 Å². The summed E-state index contributed by atoms with van der Waals surface area (Å²) in [5, 5.41) is 0. The fourth-order valence-electron chi connectivity index (χ4n) is 5.31. The van der Waals surface area contributed by atoms with Gasteiger partial charge in [-0.15, -0.1) is 0 Å². The lowest BCUT2D eigenvalue weighted by molar-refractivity contribution is 0.323. The molecule has 0 unspecified atom stereocenters. The lowest BCUT2D eigenvalue weighted by atomic mass is 9.82. The summed E-state index contributed by atoms with van der Waals surface area (Å²) >= 11 is 0. The standard InChI is InChI=1S/C32H46N4.C2H6/c1-22(2)35-16-18-36(19-17-35)31-21-28(23(3)20-24(31)4)26(6)34-25(5)12-10-13-27-29(32(7,8)9)14-11-15-30(27)33;1-2/h11,14-15,20-21H,1,5,10,12-13,16-19,33H2,2-4,6-9H3;1-2H3. The average molecular weight is 517 g/mol. The van der Waals surface area contributed by atoms with E-state index in [1.54, 1.807) is 0 Å². The molecule has 0 radical (unpaired) electrons. The van der Waals surface area contributed by atoms with Crippen LogP contribution in [0.4, 0.5) is 11.4 Å². The molecular formula is C34H52N4. The predicted molar refractivity (Wildman–Crippen MR) is 170 cm³/mol. The smallest absolute Gasteiger partial charge is 0.0451 e. The zero-order chi connectivity index (χ0) is 28.6. The molecule has 4 nitrogen and oxygen atoms in total. The van der Waals surface area contributed by atoms with Crippen LogP contribution in [0.1, 0.15) is 89.1 Å². The Hall–Kier alpha value is -3.01. The van der Waals surface area contributed by atoms with E-state index in [0.717, 1.165) is 68.2 Å². The molecule has 0 bridgehead atoms. The largest absolute Gasteiger partial charge is 0.398 e. The number of hydrogen-bond acceptors (Lipinski definition) is 4. The van der Waals surface area contributed by atoms with Crippen molar-refractivity contribution in [2.75, 3.05) is 36.8 Å². The van der Waals surface area contributed by atoms with Gasteiger partial charge in [0, 0.05) is 60.2 Å². The second-order valence-electron chi connectivity index (χ2n) is 11.4. The molecule has 1 saturated heterocycles. The third-order valence-corrected chi connectivity index (χ3v) is 7.33. The van der Waals surface area contributed by atoms with Crippen LogP contribution >= 0.6 is 0 Å². The van der Waals surface area contributed by atoms with Crippen LogP contribution < -0.4 is 10.6 Å². The van der Waals surface area contributed by atoms with Gasteiger partial charge in [-0.3, -0.25) is 4.99 Å². The summed E-state index contributed by atoms with van der Waals surface area (Å²) in [6.45, 7) is 31.8. The Labute approximate surface area is 233 Å². The van der Waals surface area contributed by atoms with Gasteiger partial charge in [-0.25, -0.2) is 0 Å². The molecule has 0 aromatic heterocycles. The maximum atomic E-state index is 6.36. The van der Waals surface area contributed by atoms with Crippen molar-refractivity contribution in [3.63, 3.8) is 0 Å². The van der Waals surface area contributed by atoms with Crippen LogP contribution in [0.2, 0.25) is 0 Å². The molecule has 1 aliphatic heterocycles. The zero-order valence-electron chi connectivity index (χ0n) is 25.7. The van der Waals surface area contributed by atoms with Gasteiger partial charge >= 0.3 is 0 Å². The van der Waals surface area contributed by atoms with Gasteiger partial charge in [-0.1, -0.05) is 66.0 Å². The number of aryl methyl sites for hydroxylation is 2. The summed E-state index contributed by atoms with van der Waals surface area (Å²) in [6, 6.07) is 10.9. The van der Waals surface area contributed by atoms with Gasteiger partial charge in [0.05, 0.1) is 0 Å². The van der Waals surface area contributed by atoms with Crippen LogP contribution in [-0.4, -0.2) is 36.8 Å². The van der Waals surface area contributed by atoms with Crippen molar-refractivity contribution in [1.82, 2.24) is 4.90 Å². The Bertz CT molecular complexity index is 1140. The molecule has 0 spiro atoms. The lowest BCUT2D eigenvalue weighted by Crippen LogP contribution is -2.45. The van der Waals surface area contributed by atoms with Crippen molar-refractivity contribution in [3.05, 3.63) is 82.7 Å². The van der Waals surface area contributed by atoms with Crippen molar-refractivity contribution >= 4 is 17.1 Å². The van der Waals surface area contributed by atoms with Crippen molar-refractivity contribution < 1.29 is 0 Å². The Morgan fingerprint density at radius 1 is 0.974 bits per heavy atom. The Balaban J connectivity index is 0.00000247. The summed E-state index contributed by atoms with van der Waals surface area (Å²) in [4.78, 5) is 9.80. The number of nitrogens with two attached hydrogens (primary N) is 1. The van der Waals surface area contributed by atoms with Crippen LogP contribution in [0, 0.1) is 13.8 Å².